The fourth-order valence-electron chi connectivity index (χ4n) is 4.02. The van der Waals surface area contributed by atoms with E-state index < -0.39 is 35.4 Å². The fraction of sp³-hybridized carbons (Fsp3) is 0.160. The predicted octanol–water partition coefficient (Wildman–Crippen LogP) is 3.89. The average Bonchev–Trinajstić information content (AvgIpc) is 3.25. The first kappa shape index (κ1) is 25.2. The van der Waals surface area contributed by atoms with Gasteiger partial charge in [-0.15, -0.1) is 0 Å². The van der Waals surface area contributed by atoms with E-state index in [1.807, 2.05) is 0 Å². The quantitative estimate of drug-likeness (QED) is 0.411. The highest BCUT2D eigenvalue weighted by Crippen LogP contribution is 2.32. The van der Waals surface area contributed by atoms with Crippen LogP contribution in [0, 0.1) is 13.5 Å². The van der Waals surface area contributed by atoms with Crippen LogP contribution in [0.1, 0.15) is 16.8 Å². The van der Waals surface area contributed by atoms with Gasteiger partial charge in [0.25, 0.3) is 5.56 Å². The Morgan fingerprint density at radius 3 is 2.38 bits per heavy atom. The second kappa shape index (κ2) is 9.27. The van der Waals surface area contributed by atoms with E-state index >= 15 is 0 Å². The Kier molecular flexibility index (Phi) is 6.31. The molecule has 0 saturated carbocycles. The molecular formula is C25H18F3N5O4. The van der Waals surface area contributed by atoms with Crippen LogP contribution in [0.3, 0.4) is 0 Å². The third-order valence-corrected chi connectivity index (χ3v) is 5.77. The minimum Gasteiger partial charge on any atom is -0.481 e. The van der Waals surface area contributed by atoms with Crippen LogP contribution in [0.15, 0.2) is 64.3 Å². The van der Waals surface area contributed by atoms with E-state index in [-0.39, 0.29) is 28.2 Å². The van der Waals surface area contributed by atoms with Gasteiger partial charge in [-0.2, -0.15) is 18.3 Å². The minimum absolute atomic E-state index is 0.00130. The molecule has 0 fully saturated rings. The molecular weight excluding hydrogens is 491 g/mol. The lowest BCUT2D eigenvalue weighted by Crippen LogP contribution is -2.40. The summed E-state index contributed by atoms with van der Waals surface area (Å²) in [4.78, 5) is 41.4. The van der Waals surface area contributed by atoms with Crippen molar-refractivity contribution in [1.29, 1.82) is 0 Å². The van der Waals surface area contributed by atoms with Crippen molar-refractivity contribution in [2.24, 2.45) is 7.05 Å². The number of rotatable bonds is 5. The number of aromatic nitrogens is 4. The van der Waals surface area contributed by atoms with Crippen molar-refractivity contribution in [2.75, 3.05) is 0 Å². The molecule has 0 aliphatic carbocycles. The molecule has 2 aromatic carbocycles. The number of hydrogen-bond acceptors (Lipinski definition) is 4. The lowest BCUT2D eigenvalue weighted by Gasteiger charge is -2.18. The maximum atomic E-state index is 13.4. The second-order valence-corrected chi connectivity index (χ2v) is 8.12. The Morgan fingerprint density at radius 1 is 1.11 bits per heavy atom. The summed E-state index contributed by atoms with van der Waals surface area (Å²) in [6.45, 7) is 8.52. The Balaban J connectivity index is 2.07. The van der Waals surface area contributed by atoms with Crippen LogP contribution in [-0.2, 0) is 24.4 Å². The number of carboxylic acid groups (broad SMARTS) is 1. The molecule has 188 valence electrons. The summed E-state index contributed by atoms with van der Waals surface area (Å²) in [7, 11) is 1.18. The molecule has 12 heteroatoms. The van der Waals surface area contributed by atoms with Crippen molar-refractivity contribution >= 4 is 11.7 Å². The van der Waals surface area contributed by atoms with E-state index in [0.717, 1.165) is 27.3 Å². The zero-order valence-corrected chi connectivity index (χ0v) is 19.4. The van der Waals surface area contributed by atoms with Gasteiger partial charge in [-0.1, -0.05) is 18.2 Å². The Bertz CT molecular complexity index is 1690. The third-order valence-electron chi connectivity index (χ3n) is 5.77. The molecule has 0 radical (unpaired) electrons. The van der Waals surface area contributed by atoms with Gasteiger partial charge in [-0.05, 0) is 37.3 Å². The fourth-order valence-corrected chi connectivity index (χ4v) is 4.02. The van der Waals surface area contributed by atoms with E-state index in [2.05, 4.69) is 9.94 Å². The van der Waals surface area contributed by atoms with Crippen LogP contribution in [0.5, 0.6) is 0 Å². The summed E-state index contributed by atoms with van der Waals surface area (Å²) in [5.74, 6) is -1.20. The third kappa shape index (κ3) is 4.54. The number of benzene rings is 2. The summed E-state index contributed by atoms with van der Waals surface area (Å²) in [5.41, 5.74) is -1.92. The van der Waals surface area contributed by atoms with E-state index in [0.29, 0.717) is 11.4 Å². The van der Waals surface area contributed by atoms with Crippen LogP contribution in [0.4, 0.5) is 18.9 Å². The van der Waals surface area contributed by atoms with Crippen LogP contribution < -0.4 is 11.2 Å². The molecule has 2 aromatic heterocycles. The highest BCUT2D eigenvalue weighted by molar-refractivity contribution is 5.76. The molecule has 0 bridgehead atoms. The predicted molar refractivity (Wildman–Crippen MR) is 127 cm³/mol. The van der Waals surface area contributed by atoms with Crippen LogP contribution >= 0.6 is 0 Å². The van der Waals surface area contributed by atoms with Gasteiger partial charge >= 0.3 is 17.8 Å². The summed E-state index contributed by atoms with van der Waals surface area (Å²) in [6, 6.07) is 10.2. The molecule has 0 atom stereocenters. The number of alkyl halides is 3. The highest BCUT2D eigenvalue weighted by Gasteiger charge is 2.31. The molecule has 2 heterocycles. The van der Waals surface area contributed by atoms with Gasteiger partial charge in [-0.25, -0.2) is 14.3 Å². The van der Waals surface area contributed by atoms with Gasteiger partial charge in [0.2, 0.25) is 0 Å². The number of carbonyl (C=O) groups is 1. The molecule has 0 spiro atoms. The standard InChI is InChI=1S/C25H18F3N5O4/c1-14-21(22-15(11-20(34)35)13-30-33(22)18-9-7-17(29-2)8-10-18)23(36)31(3)24(37)32(14)19-6-4-5-16(12-19)25(26,27)28/h4-10,12-13H,11H2,1,3H3,(H,34,35). The number of halogens is 3. The van der Waals surface area contributed by atoms with Gasteiger partial charge in [0.05, 0.1) is 47.4 Å². The van der Waals surface area contributed by atoms with Crippen LogP contribution in [0.25, 0.3) is 27.5 Å². The summed E-state index contributed by atoms with van der Waals surface area (Å²) < 4.78 is 43.1. The van der Waals surface area contributed by atoms with E-state index in [1.165, 1.54) is 43.0 Å². The first-order valence-corrected chi connectivity index (χ1v) is 10.7. The molecule has 0 amide bonds. The summed E-state index contributed by atoms with van der Waals surface area (Å²) in [6.07, 6.45) is -3.91. The van der Waals surface area contributed by atoms with Gasteiger partial charge in [0.1, 0.15) is 0 Å². The van der Waals surface area contributed by atoms with Gasteiger partial charge < -0.3 is 5.11 Å². The SMILES string of the molecule is [C-]#[N+]c1ccc(-n2ncc(CC(=O)O)c2-c2c(C)n(-c3cccc(C(F)(F)F)c3)c(=O)n(C)c2=O)cc1. The zero-order valence-electron chi connectivity index (χ0n) is 19.4. The summed E-state index contributed by atoms with van der Waals surface area (Å²) >= 11 is 0. The first-order valence-electron chi connectivity index (χ1n) is 10.7. The number of aliphatic carboxylic acids is 1. The average molecular weight is 509 g/mol. The van der Waals surface area contributed by atoms with Crippen molar-refractivity contribution < 1.29 is 23.1 Å². The molecule has 9 nitrogen and oxygen atoms in total. The maximum Gasteiger partial charge on any atom is 0.416 e. The van der Waals surface area contributed by atoms with Gasteiger partial charge in [0.15, 0.2) is 5.69 Å². The number of nitrogens with zero attached hydrogens (tertiary/aromatic N) is 5. The zero-order chi connectivity index (χ0) is 27.1. The van der Waals surface area contributed by atoms with E-state index in [1.54, 1.807) is 12.1 Å². The number of hydrogen-bond donors (Lipinski definition) is 1. The van der Waals surface area contributed by atoms with Gasteiger partial charge in [0, 0.05) is 18.3 Å². The Labute approximate surface area is 207 Å². The second-order valence-electron chi connectivity index (χ2n) is 8.12. The molecule has 0 aliphatic rings. The molecule has 1 N–H and O–H groups in total. The Morgan fingerprint density at radius 2 is 1.78 bits per heavy atom. The van der Waals surface area contributed by atoms with Crippen molar-refractivity contribution in [3.05, 3.63) is 104 Å². The van der Waals surface area contributed by atoms with E-state index in [4.69, 9.17) is 6.57 Å². The van der Waals surface area contributed by atoms with Crippen molar-refractivity contribution in [3.8, 4) is 22.6 Å². The topological polar surface area (TPSA) is 103 Å². The molecule has 0 unspecified atom stereocenters. The Hall–Kier alpha value is -4.92. The lowest BCUT2D eigenvalue weighted by atomic mass is 10.0. The summed E-state index contributed by atoms with van der Waals surface area (Å²) in [5, 5.41) is 13.7. The largest absolute Gasteiger partial charge is 0.481 e. The molecule has 4 rings (SSSR count). The van der Waals surface area contributed by atoms with Crippen molar-refractivity contribution in [2.45, 2.75) is 19.5 Å². The monoisotopic (exact) mass is 509 g/mol. The van der Waals surface area contributed by atoms with Crippen molar-refractivity contribution in [1.82, 2.24) is 18.9 Å². The lowest BCUT2D eigenvalue weighted by molar-refractivity contribution is -0.138. The van der Waals surface area contributed by atoms with E-state index in [9.17, 15) is 32.7 Å². The first-order chi connectivity index (χ1) is 17.4. The molecule has 4 aromatic rings. The molecule has 0 aliphatic heterocycles. The minimum atomic E-state index is -4.66. The van der Waals surface area contributed by atoms with Crippen LogP contribution in [-0.4, -0.2) is 30.0 Å². The molecule has 37 heavy (non-hydrogen) atoms. The van der Waals surface area contributed by atoms with Crippen molar-refractivity contribution in [3.63, 3.8) is 0 Å². The molecule has 0 saturated heterocycles. The van der Waals surface area contributed by atoms with Crippen LogP contribution in [0.2, 0.25) is 0 Å². The normalized spacial score (nSPS) is 11.4. The smallest absolute Gasteiger partial charge is 0.416 e. The maximum absolute atomic E-state index is 13.4. The van der Waals surface area contributed by atoms with Gasteiger partial charge in [-0.3, -0.25) is 18.7 Å². The number of carboxylic acids is 1. The highest BCUT2D eigenvalue weighted by atomic mass is 19.4.